The normalized spacial score (nSPS) is 28.2. The lowest BCUT2D eigenvalue weighted by atomic mass is 9.95. The van der Waals surface area contributed by atoms with Gasteiger partial charge in [-0.2, -0.15) is 0 Å². The van der Waals surface area contributed by atoms with E-state index < -0.39 is 0 Å². The molecule has 3 rings (SSSR count). The van der Waals surface area contributed by atoms with Crippen LogP contribution in [-0.4, -0.2) is 28.7 Å². The van der Waals surface area contributed by atoms with Crippen molar-refractivity contribution in [2.24, 2.45) is 11.7 Å². The van der Waals surface area contributed by atoms with Crippen molar-refractivity contribution >= 4 is 5.95 Å². The molecule has 4 heteroatoms. The average molecular weight is 276 g/mol. The Hall–Kier alpha value is -1.03. The summed E-state index contributed by atoms with van der Waals surface area (Å²) in [6.45, 7) is 6.56. The Morgan fingerprint density at radius 2 is 2.05 bits per heavy atom. The minimum atomic E-state index is 0.354. The summed E-state index contributed by atoms with van der Waals surface area (Å²) in [5.41, 5.74) is 7.39. The fraction of sp³-hybridized carbons (Fsp3) is 0.812. The van der Waals surface area contributed by atoms with E-state index in [1.165, 1.54) is 37.3 Å². The van der Waals surface area contributed by atoms with Gasteiger partial charge in [-0.05, 0) is 31.6 Å². The smallest absolute Gasteiger partial charge is 0.205 e. The van der Waals surface area contributed by atoms with E-state index in [1.54, 1.807) is 0 Å². The predicted molar refractivity (Wildman–Crippen MR) is 83.1 cm³/mol. The molecule has 1 aromatic rings. The van der Waals surface area contributed by atoms with Gasteiger partial charge in [-0.3, -0.25) is 0 Å². The maximum Gasteiger partial charge on any atom is 0.205 e. The number of hydrogen-bond donors (Lipinski definition) is 1. The number of piperidine rings is 1. The molecule has 1 aromatic heterocycles. The van der Waals surface area contributed by atoms with Crippen molar-refractivity contribution in [2.75, 3.05) is 18.0 Å². The molecule has 0 spiro atoms. The van der Waals surface area contributed by atoms with Crippen molar-refractivity contribution in [3.05, 3.63) is 11.9 Å². The number of anilines is 1. The molecule has 1 aliphatic heterocycles. The number of aromatic nitrogens is 2. The monoisotopic (exact) mass is 276 g/mol. The molecule has 0 amide bonds. The second kappa shape index (κ2) is 5.76. The van der Waals surface area contributed by atoms with Crippen molar-refractivity contribution < 1.29 is 0 Å². The summed E-state index contributed by atoms with van der Waals surface area (Å²) in [5, 5.41) is 0. The number of imidazole rings is 1. The van der Waals surface area contributed by atoms with Crippen LogP contribution in [0.1, 0.15) is 57.7 Å². The highest BCUT2D eigenvalue weighted by atomic mass is 15.3. The quantitative estimate of drug-likeness (QED) is 0.923. The zero-order valence-corrected chi connectivity index (χ0v) is 12.9. The Balaban J connectivity index is 1.85. The van der Waals surface area contributed by atoms with Gasteiger partial charge < -0.3 is 15.2 Å². The lowest BCUT2D eigenvalue weighted by molar-refractivity contribution is 0.373. The Kier molecular flexibility index (Phi) is 4.01. The van der Waals surface area contributed by atoms with E-state index in [0.717, 1.165) is 25.9 Å². The minimum Gasteiger partial charge on any atom is -0.342 e. The first-order chi connectivity index (χ1) is 9.69. The van der Waals surface area contributed by atoms with Gasteiger partial charge >= 0.3 is 0 Å². The first-order valence-electron chi connectivity index (χ1n) is 8.27. The molecule has 0 radical (unpaired) electrons. The highest BCUT2D eigenvalue weighted by Crippen LogP contribution is 2.34. The van der Waals surface area contributed by atoms with Crippen LogP contribution in [-0.2, 0) is 6.42 Å². The minimum absolute atomic E-state index is 0.354. The molecule has 1 aliphatic carbocycles. The van der Waals surface area contributed by atoms with Gasteiger partial charge in [0.05, 0.1) is 5.69 Å². The van der Waals surface area contributed by atoms with Crippen LogP contribution in [0, 0.1) is 5.92 Å². The Morgan fingerprint density at radius 1 is 1.30 bits per heavy atom. The van der Waals surface area contributed by atoms with Crippen LogP contribution in [0.4, 0.5) is 5.95 Å². The molecule has 2 N–H and O–H groups in total. The summed E-state index contributed by atoms with van der Waals surface area (Å²) in [4.78, 5) is 7.37. The number of aryl methyl sites for hydroxylation is 1. The maximum absolute atomic E-state index is 6.16. The molecule has 0 aromatic carbocycles. The van der Waals surface area contributed by atoms with E-state index in [2.05, 4.69) is 29.5 Å². The van der Waals surface area contributed by atoms with Crippen molar-refractivity contribution in [3.63, 3.8) is 0 Å². The number of nitrogens with zero attached hydrogens (tertiary/aromatic N) is 3. The predicted octanol–water partition coefficient (Wildman–Crippen LogP) is 2.73. The molecule has 112 valence electrons. The van der Waals surface area contributed by atoms with Crippen LogP contribution in [0.25, 0.3) is 0 Å². The van der Waals surface area contributed by atoms with Crippen molar-refractivity contribution in [1.82, 2.24) is 9.55 Å². The third kappa shape index (κ3) is 2.58. The molecule has 2 heterocycles. The van der Waals surface area contributed by atoms with E-state index in [9.17, 15) is 0 Å². The lowest BCUT2D eigenvalue weighted by Gasteiger charge is -2.36. The third-order valence-corrected chi connectivity index (χ3v) is 5.10. The number of rotatable bonds is 3. The van der Waals surface area contributed by atoms with Gasteiger partial charge in [0, 0.05) is 31.4 Å². The van der Waals surface area contributed by atoms with E-state index in [0.29, 0.717) is 18.0 Å². The molecule has 1 saturated carbocycles. The summed E-state index contributed by atoms with van der Waals surface area (Å²) in [6.07, 6.45) is 9.77. The molecule has 2 aliphatic rings. The van der Waals surface area contributed by atoms with Crippen LogP contribution in [0.2, 0.25) is 0 Å². The molecule has 0 bridgehead atoms. The summed E-state index contributed by atoms with van der Waals surface area (Å²) < 4.78 is 2.47. The highest BCUT2D eigenvalue weighted by molar-refractivity contribution is 5.35. The van der Waals surface area contributed by atoms with Gasteiger partial charge in [0.15, 0.2) is 0 Å². The molecule has 2 unspecified atom stereocenters. The second-order valence-electron chi connectivity index (χ2n) is 6.61. The van der Waals surface area contributed by atoms with Gasteiger partial charge in [0.1, 0.15) is 0 Å². The number of hydrogen-bond acceptors (Lipinski definition) is 3. The summed E-state index contributed by atoms with van der Waals surface area (Å²) in [6, 6.07) is 1.02. The molecule has 2 fully saturated rings. The van der Waals surface area contributed by atoms with E-state index in [1.807, 2.05) is 0 Å². The third-order valence-electron chi connectivity index (χ3n) is 5.10. The summed E-state index contributed by atoms with van der Waals surface area (Å²) in [5.74, 6) is 1.76. The summed E-state index contributed by atoms with van der Waals surface area (Å²) in [7, 11) is 0. The standard InChI is InChI=1S/C16H28N4/c1-3-13-11-20(14-6-4-5-7-14)16(18-13)19-9-8-15(17)12(2)10-19/h11-12,14-15H,3-10,17H2,1-2H3. The van der Waals surface area contributed by atoms with E-state index in [-0.39, 0.29) is 0 Å². The van der Waals surface area contributed by atoms with Gasteiger partial charge in [0.2, 0.25) is 5.95 Å². The Labute approximate surface area is 122 Å². The van der Waals surface area contributed by atoms with E-state index in [4.69, 9.17) is 10.7 Å². The molecular formula is C16H28N4. The zero-order chi connectivity index (χ0) is 14.1. The van der Waals surface area contributed by atoms with E-state index >= 15 is 0 Å². The van der Waals surface area contributed by atoms with Crippen LogP contribution in [0.5, 0.6) is 0 Å². The summed E-state index contributed by atoms with van der Waals surface area (Å²) >= 11 is 0. The Bertz CT molecular complexity index is 447. The van der Waals surface area contributed by atoms with Crippen LogP contribution in [0.15, 0.2) is 6.20 Å². The lowest BCUT2D eigenvalue weighted by Crippen LogP contribution is -2.46. The van der Waals surface area contributed by atoms with Crippen LogP contribution < -0.4 is 10.6 Å². The zero-order valence-electron chi connectivity index (χ0n) is 12.9. The highest BCUT2D eigenvalue weighted by Gasteiger charge is 2.28. The average Bonchev–Trinajstić information content (AvgIpc) is 3.09. The van der Waals surface area contributed by atoms with Gasteiger partial charge in [-0.15, -0.1) is 0 Å². The first kappa shape index (κ1) is 13.9. The Morgan fingerprint density at radius 3 is 2.70 bits per heavy atom. The van der Waals surface area contributed by atoms with Gasteiger partial charge in [0.25, 0.3) is 0 Å². The van der Waals surface area contributed by atoms with Crippen LogP contribution in [0.3, 0.4) is 0 Å². The second-order valence-corrected chi connectivity index (χ2v) is 6.61. The molecular weight excluding hydrogens is 248 g/mol. The molecule has 4 nitrogen and oxygen atoms in total. The molecule has 20 heavy (non-hydrogen) atoms. The van der Waals surface area contributed by atoms with Crippen molar-refractivity contribution in [2.45, 2.75) is 64.5 Å². The van der Waals surface area contributed by atoms with Crippen molar-refractivity contribution in [1.29, 1.82) is 0 Å². The largest absolute Gasteiger partial charge is 0.342 e. The van der Waals surface area contributed by atoms with Crippen LogP contribution >= 0.6 is 0 Å². The molecule has 1 saturated heterocycles. The number of nitrogens with two attached hydrogens (primary N) is 1. The topological polar surface area (TPSA) is 47.1 Å². The van der Waals surface area contributed by atoms with Crippen molar-refractivity contribution in [3.8, 4) is 0 Å². The fourth-order valence-electron chi connectivity index (χ4n) is 3.63. The van der Waals surface area contributed by atoms with Gasteiger partial charge in [-0.25, -0.2) is 4.98 Å². The SMILES string of the molecule is CCc1cn(C2CCCC2)c(N2CCC(N)C(C)C2)n1. The fourth-order valence-corrected chi connectivity index (χ4v) is 3.63. The maximum atomic E-state index is 6.16. The first-order valence-corrected chi connectivity index (χ1v) is 8.27. The van der Waals surface area contributed by atoms with Gasteiger partial charge in [-0.1, -0.05) is 26.7 Å². The molecule has 2 atom stereocenters.